The minimum absolute atomic E-state index is 0. The van der Waals surface area contributed by atoms with Crippen molar-refractivity contribution >= 4 is 18.3 Å². The molecule has 1 fully saturated rings. The molecule has 1 unspecified atom stereocenters. The van der Waals surface area contributed by atoms with E-state index in [1.165, 1.54) is 5.56 Å². The summed E-state index contributed by atoms with van der Waals surface area (Å²) in [6, 6.07) is 10.7. The first-order chi connectivity index (χ1) is 7.25. The van der Waals surface area contributed by atoms with Gasteiger partial charge in [0.2, 0.25) is 5.91 Å². The quantitative estimate of drug-likeness (QED) is 0.839. The maximum atomic E-state index is 11.3. The third-order valence-corrected chi connectivity index (χ3v) is 2.79. The fraction of sp³-hybridized carbons (Fsp3) is 0.417. The zero-order valence-corrected chi connectivity index (χ0v) is 10.2. The lowest BCUT2D eigenvalue weighted by molar-refractivity contribution is -0.131. The third-order valence-electron chi connectivity index (χ3n) is 2.79. The number of piperazine rings is 1. The standard InChI is InChI=1S/C12H16N2O.ClH/c1-14-9-11(13-8-12(14)15)7-10-5-3-2-4-6-10;/h2-6,11,13H,7-9H2,1H3;1H. The number of likely N-dealkylation sites (N-methyl/N-ethyl adjacent to an activating group) is 1. The number of hydrogen-bond donors (Lipinski definition) is 1. The van der Waals surface area contributed by atoms with Crippen molar-refractivity contribution < 1.29 is 4.79 Å². The highest BCUT2D eigenvalue weighted by molar-refractivity contribution is 5.85. The van der Waals surface area contributed by atoms with Crippen LogP contribution in [0.5, 0.6) is 0 Å². The molecular formula is C12H17ClN2O. The van der Waals surface area contributed by atoms with E-state index in [9.17, 15) is 4.79 Å². The van der Waals surface area contributed by atoms with Gasteiger partial charge in [0.25, 0.3) is 0 Å². The molecule has 1 aliphatic rings. The van der Waals surface area contributed by atoms with E-state index in [4.69, 9.17) is 0 Å². The van der Waals surface area contributed by atoms with Crippen molar-refractivity contribution in [3.8, 4) is 0 Å². The lowest BCUT2D eigenvalue weighted by atomic mass is 10.0. The summed E-state index contributed by atoms with van der Waals surface area (Å²) in [7, 11) is 1.86. The molecule has 1 aromatic rings. The molecule has 0 aromatic heterocycles. The average molecular weight is 241 g/mol. The maximum absolute atomic E-state index is 11.3. The van der Waals surface area contributed by atoms with Crippen LogP contribution >= 0.6 is 12.4 Å². The summed E-state index contributed by atoms with van der Waals surface area (Å²) < 4.78 is 0. The van der Waals surface area contributed by atoms with Crippen LogP contribution in [0.1, 0.15) is 5.56 Å². The molecular weight excluding hydrogens is 224 g/mol. The number of benzene rings is 1. The molecule has 0 radical (unpaired) electrons. The van der Waals surface area contributed by atoms with Crippen molar-refractivity contribution in [2.24, 2.45) is 0 Å². The van der Waals surface area contributed by atoms with Crippen LogP contribution in [0.15, 0.2) is 30.3 Å². The Balaban J connectivity index is 0.00000128. The van der Waals surface area contributed by atoms with Crippen LogP contribution in [0.25, 0.3) is 0 Å². The van der Waals surface area contributed by atoms with Crippen molar-refractivity contribution in [2.45, 2.75) is 12.5 Å². The zero-order valence-electron chi connectivity index (χ0n) is 9.35. The van der Waals surface area contributed by atoms with E-state index in [0.29, 0.717) is 12.6 Å². The second-order valence-electron chi connectivity index (χ2n) is 4.04. The fourth-order valence-corrected chi connectivity index (χ4v) is 1.90. The maximum Gasteiger partial charge on any atom is 0.236 e. The van der Waals surface area contributed by atoms with Gasteiger partial charge in [-0.2, -0.15) is 0 Å². The summed E-state index contributed by atoms with van der Waals surface area (Å²) in [5.74, 6) is 0.180. The monoisotopic (exact) mass is 240 g/mol. The Kier molecular flexibility index (Phi) is 4.77. The smallest absolute Gasteiger partial charge is 0.236 e. The predicted molar refractivity (Wildman–Crippen MR) is 66.8 cm³/mol. The number of nitrogens with one attached hydrogen (secondary N) is 1. The number of rotatable bonds is 2. The fourth-order valence-electron chi connectivity index (χ4n) is 1.90. The molecule has 1 atom stereocenters. The number of hydrogen-bond acceptors (Lipinski definition) is 2. The minimum Gasteiger partial charge on any atom is -0.343 e. The van der Waals surface area contributed by atoms with Crippen LogP contribution in [0, 0.1) is 0 Å². The van der Waals surface area contributed by atoms with Gasteiger partial charge in [-0.15, -0.1) is 12.4 Å². The molecule has 4 heteroatoms. The van der Waals surface area contributed by atoms with Gasteiger partial charge >= 0.3 is 0 Å². The molecule has 88 valence electrons. The molecule has 0 spiro atoms. The molecule has 1 amide bonds. The van der Waals surface area contributed by atoms with Crippen molar-refractivity contribution in [3.63, 3.8) is 0 Å². The van der Waals surface area contributed by atoms with Gasteiger partial charge in [0.05, 0.1) is 6.54 Å². The molecule has 1 saturated heterocycles. The van der Waals surface area contributed by atoms with Crippen LogP contribution in [-0.4, -0.2) is 37.0 Å². The molecule has 1 heterocycles. The summed E-state index contributed by atoms with van der Waals surface area (Å²) >= 11 is 0. The molecule has 1 N–H and O–H groups in total. The Hall–Kier alpha value is -1.06. The minimum atomic E-state index is 0. The topological polar surface area (TPSA) is 32.3 Å². The Bertz CT molecular complexity index is 342. The van der Waals surface area contributed by atoms with E-state index in [-0.39, 0.29) is 18.3 Å². The van der Waals surface area contributed by atoms with Crippen LogP contribution in [0.4, 0.5) is 0 Å². The lowest BCUT2D eigenvalue weighted by Crippen LogP contribution is -2.53. The Labute approximate surface area is 102 Å². The van der Waals surface area contributed by atoms with Crippen LogP contribution in [0.3, 0.4) is 0 Å². The van der Waals surface area contributed by atoms with Crippen LogP contribution in [-0.2, 0) is 11.2 Å². The van der Waals surface area contributed by atoms with Gasteiger partial charge in [0.1, 0.15) is 0 Å². The van der Waals surface area contributed by atoms with Crippen LogP contribution in [0.2, 0.25) is 0 Å². The van der Waals surface area contributed by atoms with E-state index in [0.717, 1.165) is 13.0 Å². The van der Waals surface area contributed by atoms with Gasteiger partial charge in [0, 0.05) is 19.6 Å². The highest BCUT2D eigenvalue weighted by Gasteiger charge is 2.21. The Morgan fingerprint density at radius 2 is 2.06 bits per heavy atom. The van der Waals surface area contributed by atoms with Gasteiger partial charge in [-0.1, -0.05) is 30.3 Å². The van der Waals surface area contributed by atoms with E-state index in [1.807, 2.05) is 25.2 Å². The summed E-state index contributed by atoms with van der Waals surface area (Å²) in [5, 5.41) is 3.26. The van der Waals surface area contributed by atoms with Crippen molar-refractivity contribution in [3.05, 3.63) is 35.9 Å². The SMILES string of the molecule is CN1CC(Cc2ccccc2)NCC1=O.Cl. The summed E-state index contributed by atoms with van der Waals surface area (Å²) in [6.07, 6.45) is 0.985. The van der Waals surface area contributed by atoms with Gasteiger partial charge < -0.3 is 10.2 Å². The van der Waals surface area contributed by atoms with Crippen molar-refractivity contribution in [2.75, 3.05) is 20.1 Å². The molecule has 16 heavy (non-hydrogen) atoms. The second-order valence-corrected chi connectivity index (χ2v) is 4.04. The first-order valence-electron chi connectivity index (χ1n) is 5.27. The normalized spacial score (nSPS) is 20.4. The average Bonchev–Trinajstić information content (AvgIpc) is 2.25. The molecule has 1 aliphatic heterocycles. The Morgan fingerprint density at radius 1 is 1.38 bits per heavy atom. The summed E-state index contributed by atoms with van der Waals surface area (Å²) in [5.41, 5.74) is 1.32. The van der Waals surface area contributed by atoms with Gasteiger partial charge in [0.15, 0.2) is 0 Å². The number of nitrogens with zero attached hydrogens (tertiary/aromatic N) is 1. The second kappa shape index (κ2) is 5.87. The first-order valence-corrected chi connectivity index (χ1v) is 5.27. The van der Waals surface area contributed by atoms with Crippen molar-refractivity contribution in [1.29, 1.82) is 0 Å². The van der Waals surface area contributed by atoms with Gasteiger partial charge in [-0.05, 0) is 12.0 Å². The van der Waals surface area contributed by atoms with E-state index < -0.39 is 0 Å². The summed E-state index contributed by atoms with van der Waals surface area (Å²) in [6.45, 7) is 1.27. The number of amides is 1. The van der Waals surface area contributed by atoms with E-state index >= 15 is 0 Å². The molecule has 1 aromatic carbocycles. The number of carbonyl (C=O) groups excluding carboxylic acids is 1. The zero-order chi connectivity index (χ0) is 10.7. The number of halogens is 1. The highest BCUT2D eigenvalue weighted by Crippen LogP contribution is 2.06. The predicted octanol–water partition coefficient (Wildman–Crippen LogP) is 1.08. The van der Waals surface area contributed by atoms with Gasteiger partial charge in [-0.25, -0.2) is 0 Å². The van der Waals surface area contributed by atoms with E-state index in [1.54, 1.807) is 4.90 Å². The number of carbonyl (C=O) groups is 1. The molecule has 0 bridgehead atoms. The Morgan fingerprint density at radius 3 is 2.69 bits per heavy atom. The van der Waals surface area contributed by atoms with E-state index in [2.05, 4.69) is 17.4 Å². The molecule has 0 saturated carbocycles. The largest absolute Gasteiger partial charge is 0.343 e. The molecule has 3 nitrogen and oxygen atoms in total. The van der Waals surface area contributed by atoms with Crippen molar-refractivity contribution in [1.82, 2.24) is 10.2 Å². The van der Waals surface area contributed by atoms with Crippen LogP contribution < -0.4 is 5.32 Å². The first kappa shape index (κ1) is 13.0. The molecule has 0 aliphatic carbocycles. The highest BCUT2D eigenvalue weighted by atomic mass is 35.5. The third kappa shape index (κ3) is 3.22. The molecule has 2 rings (SSSR count). The van der Waals surface area contributed by atoms with Gasteiger partial charge in [-0.3, -0.25) is 4.79 Å². The summed E-state index contributed by atoms with van der Waals surface area (Å²) in [4.78, 5) is 13.1. The lowest BCUT2D eigenvalue weighted by Gasteiger charge is -2.30.